The van der Waals surface area contributed by atoms with E-state index in [-0.39, 0.29) is 5.69 Å². The van der Waals surface area contributed by atoms with Crippen molar-refractivity contribution in [1.82, 2.24) is 9.55 Å². The minimum atomic E-state index is -0.430. The molecule has 0 spiro atoms. The molecule has 0 aliphatic carbocycles. The number of nitrogens with two attached hydrogens (primary N) is 1. The highest BCUT2D eigenvalue weighted by atomic mass is 35.5. The number of nitrogens with zero attached hydrogens (tertiary/aromatic N) is 2. The third-order valence-electron chi connectivity index (χ3n) is 3.42. The molecule has 5 heteroatoms. The minimum Gasteiger partial charge on any atom is -0.396 e. The SMILES string of the molecule is CCCn1c(-c2ccc(N)c(F)c2)nc2cc(Cl)ccc21. The molecule has 3 rings (SSSR count). The van der Waals surface area contributed by atoms with E-state index in [1.165, 1.54) is 6.07 Å². The second-order valence-corrected chi connectivity index (χ2v) is 5.39. The van der Waals surface area contributed by atoms with Crippen LogP contribution >= 0.6 is 11.6 Å². The Hall–Kier alpha value is -2.07. The number of hydrogen-bond donors (Lipinski definition) is 1. The van der Waals surface area contributed by atoms with Crippen LogP contribution in [0.5, 0.6) is 0 Å². The first-order valence-corrected chi connectivity index (χ1v) is 7.19. The summed E-state index contributed by atoms with van der Waals surface area (Å²) in [6.45, 7) is 2.90. The van der Waals surface area contributed by atoms with Crippen LogP contribution in [0.2, 0.25) is 5.02 Å². The number of aryl methyl sites for hydroxylation is 1. The highest BCUT2D eigenvalue weighted by molar-refractivity contribution is 6.31. The first-order valence-electron chi connectivity index (χ1n) is 6.81. The fraction of sp³-hybridized carbons (Fsp3) is 0.188. The summed E-state index contributed by atoms with van der Waals surface area (Å²) in [6, 6.07) is 10.4. The van der Waals surface area contributed by atoms with Crippen molar-refractivity contribution in [3.8, 4) is 11.4 Å². The molecular weight excluding hydrogens is 289 g/mol. The molecule has 2 aromatic carbocycles. The van der Waals surface area contributed by atoms with Crippen LogP contribution in [0.4, 0.5) is 10.1 Å². The molecule has 0 radical (unpaired) electrons. The summed E-state index contributed by atoms with van der Waals surface area (Å²) in [7, 11) is 0. The van der Waals surface area contributed by atoms with Crippen molar-refractivity contribution in [2.24, 2.45) is 0 Å². The number of anilines is 1. The van der Waals surface area contributed by atoms with Crippen molar-refractivity contribution < 1.29 is 4.39 Å². The summed E-state index contributed by atoms with van der Waals surface area (Å²) in [6.07, 6.45) is 0.957. The van der Waals surface area contributed by atoms with Gasteiger partial charge in [-0.1, -0.05) is 18.5 Å². The average Bonchev–Trinajstić information content (AvgIpc) is 2.80. The van der Waals surface area contributed by atoms with Gasteiger partial charge in [0.25, 0.3) is 0 Å². The zero-order valence-electron chi connectivity index (χ0n) is 11.6. The van der Waals surface area contributed by atoms with Crippen molar-refractivity contribution in [3.63, 3.8) is 0 Å². The van der Waals surface area contributed by atoms with Crippen LogP contribution in [0, 0.1) is 5.82 Å². The molecule has 2 N–H and O–H groups in total. The van der Waals surface area contributed by atoms with Gasteiger partial charge in [-0.3, -0.25) is 0 Å². The molecule has 0 fully saturated rings. The van der Waals surface area contributed by atoms with Crippen molar-refractivity contribution in [2.45, 2.75) is 19.9 Å². The van der Waals surface area contributed by atoms with Gasteiger partial charge in [0.05, 0.1) is 16.7 Å². The number of hydrogen-bond acceptors (Lipinski definition) is 2. The zero-order valence-corrected chi connectivity index (χ0v) is 12.4. The maximum atomic E-state index is 13.7. The molecule has 0 aliphatic rings. The van der Waals surface area contributed by atoms with Crippen molar-refractivity contribution >= 4 is 28.3 Å². The average molecular weight is 304 g/mol. The highest BCUT2D eigenvalue weighted by Crippen LogP contribution is 2.28. The number of rotatable bonds is 3. The molecule has 108 valence electrons. The number of fused-ring (bicyclic) bond motifs is 1. The summed E-state index contributed by atoms with van der Waals surface area (Å²) < 4.78 is 15.8. The third kappa shape index (κ3) is 2.47. The summed E-state index contributed by atoms with van der Waals surface area (Å²) >= 11 is 6.02. The van der Waals surface area contributed by atoms with Crippen LogP contribution in [0.25, 0.3) is 22.4 Å². The van der Waals surface area contributed by atoms with Crippen molar-refractivity contribution in [1.29, 1.82) is 0 Å². The largest absolute Gasteiger partial charge is 0.396 e. The lowest BCUT2D eigenvalue weighted by Gasteiger charge is -2.08. The Morgan fingerprint density at radius 1 is 1.24 bits per heavy atom. The predicted molar refractivity (Wildman–Crippen MR) is 84.8 cm³/mol. The molecule has 21 heavy (non-hydrogen) atoms. The van der Waals surface area contributed by atoms with Gasteiger partial charge in [-0.05, 0) is 42.8 Å². The van der Waals surface area contributed by atoms with E-state index in [0.29, 0.717) is 10.6 Å². The zero-order chi connectivity index (χ0) is 15.0. The molecule has 0 unspecified atom stereocenters. The summed E-state index contributed by atoms with van der Waals surface area (Å²) in [5.74, 6) is 0.300. The smallest absolute Gasteiger partial charge is 0.146 e. The summed E-state index contributed by atoms with van der Waals surface area (Å²) in [4.78, 5) is 4.60. The topological polar surface area (TPSA) is 43.8 Å². The molecule has 3 aromatic rings. The van der Waals surface area contributed by atoms with Crippen LogP contribution in [-0.4, -0.2) is 9.55 Å². The molecule has 0 atom stereocenters. The summed E-state index contributed by atoms with van der Waals surface area (Å²) in [5, 5.41) is 0.638. The van der Waals surface area contributed by atoms with Gasteiger partial charge >= 0.3 is 0 Å². The first-order chi connectivity index (χ1) is 10.1. The second kappa shape index (κ2) is 5.37. The van der Waals surface area contributed by atoms with Gasteiger partial charge in [0, 0.05) is 17.1 Å². The third-order valence-corrected chi connectivity index (χ3v) is 3.65. The van der Waals surface area contributed by atoms with Gasteiger partial charge in [0.15, 0.2) is 0 Å². The van der Waals surface area contributed by atoms with E-state index in [4.69, 9.17) is 17.3 Å². The maximum absolute atomic E-state index is 13.7. The van der Waals surface area contributed by atoms with Crippen molar-refractivity contribution in [3.05, 3.63) is 47.2 Å². The normalized spacial score (nSPS) is 11.2. The van der Waals surface area contributed by atoms with Crippen LogP contribution in [-0.2, 0) is 6.54 Å². The Morgan fingerprint density at radius 2 is 2.05 bits per heavy atom. The lowest BCUT2D eigenvalue weighted by molar-refractivity contribution is 0.632. The monoisotopic (exact) mass is 303 g/mol. The minimum absolute atomic E-state index is 0.139. The number of benzene rings is 2. The Labute approximate surface area is 127 Å². The van der Waals surface area contributed by atoms with Gasteiger partial charge in [0.2, 0.25) is 0 Å². The lowest BCUT2D eigenvalue weighted by atomic mass is 10.2. The second-order valence-electron chi connectivity index (χ2n) is 4.96. The molecule has 0 aliphatic heterocycles. The van der Waals surface area contributed by atoms with E-state index in [9.17, 15) is 4.39 Å². The Morgan fingerprint density at radius 3 is 2.76 bits per heavy atom. The summed E-state index contributed by atoms with van der Waals surface area (Å²) in [5.41, 5.74) is 8.19. The van der Waals surface area contributed by atoms with Gasteiger partial charge in [-0.2, -0.15) is 0 Å². The Balaban J connectivity index is 2.24. The Kier molecular flexibility index (Phi) is 3.55. The standard InChI is InChI=1S/C16H15ClFN3/c1-2-7-21-15-6-4-11(17)9-14(15)20-16(21)10-3-5-13(19)12(18)8-10/h3-6,8-9H,2,7,19H2,1H3. The van der Waals surface area contributed by atoms with Crippen LogP contribution in [0.3, 0.4) is 0 Å². The van der Waals surface area contributed by atoms with Crippen LogP contribution in [0.15, 0.2) is 36.4 Å². The molecule has 3 nitrogen and oxygen atoms in total. The van der Waals surface area contributed by atoms with E-state index in [0.717, 1.165) is 29.8 Å². The molecule has 1 aromatic heterocycles. The van der Waals surface area contributed by atoms with Gasteiger partial charge < -0.3 is 10.3 Å². The first kappa shape index (κ1) is 13.9. The quantitative estimate of drug-likeness (QED) is 0.725. The lowest BCUT2D eigenvalue weighted by Crippen LogP contribution is -2.00. The van der Waals surface area contributed by atoms with E-state index < -0.39 is 5.82 Å². The van der Waals surface area contributed by atoms with E-state index in [1.54, 1.807) is 12.1 Å². The van der Waals surface area contributed by atoms with E-state index in [1.807, 2.05) is 18.2 Å². The van der Waals surface area contributed by atoms with E-state index >= 15 is 0 Å². The van der Waals surface area contributed by atoms with E-state index in [2.05, 4.69) is 16.5 Å². The van der Waals surface area contributed by atoms with Crippen LogP contribution < -0.4 is 5.73 Å². The number of aromatic nitrogens is 2. The molecule has 0 amide bonds. The fourth-order valence-corrected chi connectivity index (χ4v) is 2.61. The number of halogens is 2. The van der Waals surface area contributed by atoms with Gasteiger partial charge in [-0.25, -0.2) is 9.37 Å². The molecular formula is C16H15ClFN3. The van der Waals surface area contributed by atoms with Gasteiger partial charge in [0.1, 0.15) is 11.6 Å². The molecule has 0 bridgehead atoms. The molecule has 1 heterocycles. The number of nitrogen functional groups attached to an aromatic ring is 1. The maximum Gasteiger partial charge on any atom is 0.146 e. The highest BCUT2D eigenvalue weighted by Gasteiger charge is 2.13. The number of imidazole rings is 1. The van der Waals surface area contributed by atoms with Crippen LogP contribution in [0.1, 0.15) is 13.3 Å². The van der Waals surface area contributed by atoms with Gasteiger partial charge in [-0.15, -0.1) is 0 Å². The fourth-order valence-electron chi connectivity index (χ4n) is 2.44. The Bertz CT molecular complexity index is 811. The van der Waals surface area contributed by atoms with Crippen molar-refractivity contribution in [2.75, 3.05) is 5.73 Å². The molecule has 0 saturated carbocycles. The predicted octanol–water partition coefficient (Wildman–Crippen LogP) is 4.49. The molecule has 0 saturated heterocycles.